The summed E-state index contributed by atoms with van der Waals surface area (Å²) in [5.74, 6) is 0.217. The Bertz CT molecular complexity index is 285. The van der Waals surface area contributed by atoms with Gasteiger partial charge in [-0.3, -0.25) is 4.79 Å². The summed E-state index contributed by atoms with van der Waals surface area (Å²) in [6.07, 6.45) is 6.32. The Morgan fingerprint density at radius 3 is 2.70 bits per heavy atom. The smallest absolute Gasteiger partial charge is 0.240 e. The van der Waals surface area contributed by atoms with Crippen LogP contribution in [0.3, 0.4) is 0 Å². The Kier molecular flexibility index (Phi) is 7.52. The summed E-state index contributed by atoms with van der Waals surface area (Å²) < 4.78 is 0. The molecule has 1 atom stereocenters. The first-order valence-corrected chi connectivity index (χ1v) is 8.25. The first kappa shape index (κ1) is 17.4. The van der Waals surface area contributed by atoms with Crippen molar-refractivity contribution < 1.29 is 4.79 Å². The van der Waals surface area contributed by atoms with E-state index in [1.807, 2.05) is 0 Å². The number of unbranched alkanes of at least 4 members (excludes halogenated alkanes) is 1. The summed E-state index contributed by atoms with van der Waals surface area (Å²) in [7, 11) is 2.15. The second-order valence-corrected chi connectivity index (χ2v) is 6.40. The predicted molar refractivity (Wildman–Crippen MR) is 84.9 cm³/mol. The van der Waals surface area contributed by atoms with Gasteiger partial charge in [-0.05, 0) is 66.1 Å². The minimum atomic E-state index is -0.274. The zero-order chi connectivity index (χ0) is 15.0. The molecular weight excluding hydrogens is 250 g/mol. The monoisotopic (exact) mass is 283 g/mol. The van der Waals surface area contributed by atoms with E-state index in [0.717, 1.165) is 58.2 Å². The van der Waals surface area contributed by atoms with Crippen LogP contribution < -0.4 is 10.6 Å². The van der Waals surface area contributed by atoms with Crippen LogP contribution in [0.4, 0.5) is 0 Å². The Hall–Kier alpha value is -0.610. The van der Waals surface area contributed by atoms with Crippen molar-refractivity contribution in [3.63, 3.8) is 0 Å². The number of rotatable bonds is 9. The lowest BCUT2D eigenvalue weighted by atomic mass is 9.91. The molecule has 0 aromatic carbocycles. The minimum Gasteiger partial charge on any atom is -0.354 e. The molecule has 2 N–H and O–H groups in total. The van der Waals surface area contributed by atoms with Gasteiger partial charge in [0, 0.05) is 12.6 Å². The molecule has 20 heavy (non-hydrogen) atoms. The van der Waals surface area contributed by atoms with Crippen molar-refractivity contribution in [2.24, 2.45) is 0 Å². The standard InChI is InChI=1S/C16H33N3O/c1-5-9-16(10-8-12-18-16)15(20)17-11-6-7-13-19(4)14(2)3/h14,18H,5-13H2,1-4H3,(H,17,20). The van der Waals surface area contributed by atoms with Crippen molar-refractivity contribution in [2.45, 2.75) is 70.9 Å². The van der Waals surface area contributed by atoms with Gasteiger partial charge in [-0.2, -0.15) is 0 Å². The molecule has 1 saturated heterocycles. The molecule has 1 amide bonds. The van der Waals surface area contributed by atoms with Crippen molar-refractivity contribution in [3.05, 3.63) is 0 Å². The normalized spacial score (nSPS) is 22.7. The number of amides is 1. The molecule has 4 heteroatoms. The highest BCUT2D eigenvalue weighted by Gasteiger charge is 2.39. The minimum absolute atomic E-state index is 0.217. The van der Waals surface area contributed by atoms with E-state index in [2.05, 4.69) is 43.4 Å². The van der Waals surface area contributed by atoms with Crippen molar-refractivity contribution in [1.29, 1.82) is 0 Å². The quantitative estimate of drug-likeness (QED) is 0.637. The highest BCUT2D eigenvalue weighted by Crippen LogP contribution is 2.24. The number of nitrogens with one attached hydrogen (secondary N) is 2. The SMILES string of the molecule is CCCC1(C(=O)NCCCCN(C)C(C)C)CCCN1. The van der Waals surface area contributed by atoms with Gasteiger partial charge in [0.1, 0.15) is 0 Å². The van der Waals surface area contributed by atoms with Gasteiger partial charge >= 0.3 is 0 Å². The van der Waals surface area contributed by atoms with Gasteiger partial charge < -0.3 is 15.5 Å². The first-order chi connectivity index (χ1) is 9.52. The maximum Gasteiger partial charge on any atom is 0.240 e. The second kappa shape index (κ2) is 8.63. The van der Waals surface area contributed by atoms with Crippen molar-refractivity contribution in [2.75, 3.05) is 26.7 Å². The molecule has 1 fully saturated rings. The number of carbonyl (C=O) groups excluding carboxylic acids is 1. The van der Waals surface area contributed by atoms with Gasteiger partial charge in [-0.1, -0.05) is 13.3 Å². The third-order valence-corrected chi connectivity index (χ3v) is 4.46. The van der Waals surface area contributed by atoms with Crippen LogP contribution in [0.15, 0.2) is 0 Å². The predicted octanol–water partition coefficient (Wildman–Crippen LogP) is 2.15. The molecule has 1 aliphatic rings. The van der Waals surface area contributed by atoms with E-state index in [-0.39, 0.29) is 11.4 Å². The van der Waals surface area contributed by atoms with Gasteiger partial charge in [0.2, 0.25) is 5.91 Å². The molecule has 1 unspecified atom stereocenters. The third kappa shape index (κ3) is 5.06. The van der Waals surface area contributed by atoms with E-state index >= 15 is 0 Å². The van der Waals surface area contributed by atoms with Crippen LogP contribution >= 0.6 is 0 Å². The topological polar surface area (TPSA) is 44.4 Å². The second-order valence-electron chi connectivity index (χ2n) is 6.40. The van der Waals surface area contributed by atoms with Gasteiger partial charge in [0.15, 0.2) is 0 Å². The molecule has 0 saturated carbocycles. The first-order valence-electron chi connectivity index (χ1n) is 8.25. The molecule has 0 aromatic rings. The summed E-state index contributed by atoms with van der Waals surface area (Å²) >= 11 is 0. The van der Waals surface area contributed by atoms with Gasteiger partial charge in [-0.15, -0.1) is 0 Å². The average molecular weight is 283 g/mol. The van der Waals surface area contributed by atoms with E-state index in [0.29, 0.717) is 6.04 Å². The van der Waals surface area contributed by atoms with Crippen LogP contribution in [0, 0.1) is 0 Å². The van der Waals surface area contributed by atoms with Crippen LogP contribution in [0.25, 0.3) is 0 Å². The Morgan fingerprint density at radius 1 is 1.40 bits per heavy atom. The Morgan fingerprint density at radius 2 is 2.15 bits per heavy atom. The van der Waals surface area contributed by atoms with Crippen molar-refractivity contribution in [3.8, 4) is 0 Å². The van der Waals surface area contributed by atoms with E-state index < -0.39 is 0 Å². The summed E-state index contributed by atoms with van der Waals surface area (Å²) in [6, 6.07) is 0.597. The number of nitrogens with zero attached hydrogens (tertiary/aromatic N) is 1. The lowest BCUT2D eigenvalue weighted by Crippen LogP contribution is -2.53. The van der Waals surface area contributed by atoms with Crippen LogP contribution in [-0.4, -0.2) is 49.1 Å². The van der Waals surface area contributed by atoms with Crippen LogP contribution in [-0.2, 0) is 4.79 Å². The molecule has 0 aromatic heterocycles. The van der Waals surface area contributed by atoms with E-state index in [1.54, 1.807) is 0 Å². The molecule has 1 aliphatic heterocycles. The van der Waals surface area contributed by atoms with Crippen LogP contribution in [0.1, 0.15) is 59.3 Å². The highest BCUT2D eigenvalue weighted by molar-refractivity contribution is 5.86. The molecule has 0 spiro atoms. The fraction of sp³-hybridized carbons (Fsp3) is 0.938. The number of hydrogen-bond acceptors (Lipinski definition) is 3. The van der Waals surface area contributed by atoms with E-state index in [1.165, 1.54) is 0 Å². The fourth-order valence-corrected chi connectivity index (χ4v) is 2.87. The largest absolute Gasteiger partial charge is 0.354 e. The summed E-state index contributed by atoms with van der Waals surface area (Å²) in [6.45, 7) is 9.46. The van der Waals surface area contributed by atoms with Crippen LogP contribution in [0.5, 0.6) is 0 Å². The van der Waals surface area contributed by atoms with Crippen LogP contribution in [0.2, 0.25) is 0 Å². The third-order valence-electron chi connectivity index (χ3n) is 4.46. The molecular formula is C16H33N3O. The molecule has 118 valence electrons. The molecule has 1 rings (SSSR count). The molecule has 1 heterocycles. The van der Waals surface area contributed by atoms with Gasteiger partial charge in [0.05, 0.1) is 5.54 Å². The zero-order valence-corrected chi connectivity index (χ0v) is 13.8. The Labute approximate surface area is 124 Å². The summed E-state index contributed by atoms with van der Waals surface area (Å²) in [4.78, 5) is 14.7. The van der Waals surface area contributed by atoms with Gasteiger partial charge in [0.25, 0.3) is 0 Å². The average Bonchev–Trinajstić information content (AvgIpc) is 2.88. The van der Waals surface area contributed by atoms with E-state index in [4.69, 9.17) is 0 Å². The zero-order valence-electron chi connectivity index (χ0n) is 13.8. The lowest BCUT2D eigenvalue weighted by Gasteiger charge is -2.28. The lowest BCUT2D eigenvalue weighted by molar-refractivity contribution is -0.127. The number of hydrogen-bond donors (Lipinski definition) is 2. The molecule has 4 nitrogen and oxygen atoms in total. The fourth-order valence-electron chi connectivity index (χ4n) is 2.87. The van der Waals surface area contributed by atoms with E-state index in [9.17, 15) is 4.79 Å². The maximum absolute atomic E-state index is 12.4. The van der Waals surface area contributed by atoms with Crippen molar-refractivity contribution in [1.82, 2.24) is 15.5 Å². The number of carbonyl (C=O) groups is 1. The van der Waals surface area contributed by atoms with Gasteiger partial charge in [-0.25, -0.2) is 0 Å². The van der Waals surface area contributed by atoms with Crippen molar-refractivity contribution >= 4 is 5.91 Å². The molecule has 0 aliphatic carbocycles. The summed E-state index contributed by atoms with van der Waals surface area (Å²) in [5.41, 5.74) is -0.274. The highest BCUT2D eigenvalue weighted by atomic mass is 16.2. The summed E-state index contributed by atoms with van der Waals surface area (Å²) in [5, 5.41) is 6.56. The maximum atomic E-state index is 12.4. The molecule has 0 radical (unpaired) electrons. The molecule has 0 bridgehead atoms. The Balaban J connectivity index is 2.22.